The summed E-state index contributed by atoms with van der Waals surface area (Å²) in [6, 6.07) is 10.6. The molecule has 0 saturated carbocycles. The van der Waals surface area contributed by atoms with Gasteiger partial charge >= 0.3 is 0 Å². The molecule has 2 aromatic rings. The molecule has 0 aliphatic heterocycles. The predicted octanol–water partition coefficient (Wildman–Crippen LogP) is 4.10. The molecule has 0 spiro atoms. The normalized spacial score (nSPS) is 10.8. The van der Waals surface area contributed by atoms with Gasteiger partial charge in [0.1, 0.15) is 11.6 Å². The topological polar surface area (TPSA) is 52.9 Å². The highest BCUT2D eigenvalue weighted by Crippen LogP contribution is 2.15. The van der Waals surface area contributed by atoms with Crippen molar-refractivity contribution in [2.75, 3.05) is 5.32 Å². The number of Topliss-reactive ketones (excluding diaryl/α,β-unsaturated/α-hetero) is 1. The van der Waals surface area contributed by atoms with Gasteiger partial charge in [-0.2, -0.15) is 16.6 Å². The van der Waals surface area contributed by atoms with Gasteiger partial charge in [-0.1, -0.05) is 11.6 Å². The molecule has 1 heterocycles. The Balaban J connectivity index is 2.14. The van der Waals surface area contributed by atoms with E-state index in [-0.39, 0.29) is 11.4 Å². The van der Waals surface area contributed by atoms with Crippen LogP contribution in [0.25, 0.3) is 0 Å². The van der Waals surface area contributed by atoms with Crippen molar-refractivity contribution in [2.24, 2.45) is 0 Å². The van der Waals surface area contributed by atoms with Crippen molar-refractivity contribution < 1.29 is 4.79 Å². The van der Waals surface area contributed by atoms with Gasteiger partial charge in [-0.3, -0.25) is 4.79 Å². The highest BCUT2D eigenvalue weighted by atomic mass is 35.5. The van der Waals surface area contributed by atoms with E-state index in [1.165, 1.54) is 17.5 Å². The van der Waals surface area contributed by atoms with Crippen LogP contribution in [0.2, 0.25) is 5.02 Å². The minimum Gasteiger partial charge on any atom is -0.360 e. The molecule has 3 nitrogen and oxygen atoms in total. The largest absolute Gasteiger partial charge is 0.360 e. The van der Waals surface area contributed by atoms with E-state index in [4.69, 9.17) is 16.9 Å². The summed E-state index contributed by atoms with van der Waals surface area (Å²) in [7, 11) is 0. The number of benzene rings is 1. The molecule has 0 fully saturated rings. The Morgan fingerprint density at radius 3 is 2.63 bits per heavy atom. The lowest BCUT2D eigenvalue weighted by Gasteiger charge is -2.01. The highest BCUT2D eigenvalue weighted by Gasteiger charge is 2.11. The van der Waals surface area contributed by atoms with E-state index in [9.17, 15) is 4.79 Å². The van der Waals surface area contributed by atoms with E-state index in [1.54, 1.807) is 41.1 Å². The van der Waals surface area contributed by atoms with Gasteiger partial charge in [-0.05, 0) is 35.7 Å². The molecular weight excluding hydrogens is 280 g/mol. The maximum atomic E-state index is 12.0. The summed E-state index contributed by atoms with van der Waals surface area (Å²) in [5.74, 6) is -0.287. The number of hydrogen-bond acceptors (Lipinski definition) is 4. The molecule has 94 valence electrons. The lowest BCUT2D eigenvalue weighted by molar-refractivity contribution is 0.103. The van der Waals surface area contributed by atoms with E-state index < -0.39 is 0 Å². The number of hydrogen-bond donors (Lipinski definition) is 1. The van der Waals surface area contributed by atoms with Crippen molar-refractivity contribution in [1.82, 2.24) is 0 Å². The second kappa shape index (κ2) is 6.19. The lowest BCUT2D eigenvalue weighted by atomic mass is 10.1. The van der Waals surface area contributed by atoms with Crippen LogP contribution >= 0.6 is 22.9 Å². The van der Waals surface area contributed by atoms with Crippen LogP contribution in [0.3, 0.4) is 0 Å². The smallest absolute Gasteiger partial charge is 0.205 e. The van der Waals surface area contributed by atoms with Crippen LogP contribution in [-0.4, -0.2) is 5.78 Å². The first-order valence-corrected chi connectivity index (χ1v) is 6.72. The Morgan fingerprint density at radius 1 is 1.32 bits per heavy atom. The van der Waals surface area contributed by atoms with Crippen LogP contribution in [0.1, 0.15) is 10.4 Å². The van der Waals surface area contributed by atoms with E-state index in [0.717, 1.165) is 5.69 Å². The SMILES string of the molecule is N#CC(=CNc1ccc(Cl)cc1)C(=O)c1ccsc1. The monoisotopic (exact) mass is 288 g/mol. The number of nitrogens with zero attached hydrogens (tertiary/aromatic N) is 1. The maximum absolute atomic E-state index is 12.0. The standard InChI is InChI=1S/C14H9ClN2OS/c15-12-1-3-13(4-2-12)17-8-11(7-16)14(18)10-5-6-19-9-10/h1-6,8-9,17H. The van der Waals surface area contributed by atoms with Gasteiger partial charge in [0.15, 0.2) is 0 Å². The van der Waals surface area contributed by atoms with Crippen LogP contribution in [0, 0.1) is 11.3 Å². The fourth-order valence-electron chi connectivity index (χ4n) is 1.40. The van der Waals surface area contributed by atoms with E-state index in [2.05, 4.69) is 5.32 Å². The number of nitrogens with one attached hydrogen (secondary N) is 1. The van der Waals surface area contributed by atoms with Gasteiger partial charge in [0.25, 0.3) is 0 Å². The second-order valence-electron chi connectivity index (χ2n) is 3.66. The van der Waals surface area contributed by atoms with Crippen molar-refractivity contribution in [3.8, 4) is 6.07 Å². The number of rotatable bonds is 4. The molecule has 19 heavy (non-hydrogen) atoms. The minimum absolute atomic E-state index is 0.0633. The number of allylic oxidation sites excluding steroid dienone is 1. The van der Waals surface area contributed by atoms with Gasteiger partial charge in [0.05, 0.1) is 0 Å². The van der Waals surface area contributed by atoms with Crippen LogP contribution in [0.15, 0.2) is 52.9 Å². The number of carbonyl (C=O) groups excluding carboxylic acids is 1. The molecule has 0 amide bonds. The first-order valence-electron chi connectivity index (χ1n) is 5.40. The number of anilines is 1. The van der Waals surface area contributed by atoms with E-state index in [0.29, 0.717) is 10.6 Å². The first-order chi connectivity index (χ1) is 9.20. The van der Waals surface area contributed by atoms with Crippen LogP contribution in [-0.2, 0) is 0 Å². The minimum atomic E-state index is -0.287. The lowest BCUT2D eigenvalue weighted by Crippen LogP contribution is -2.02. The van der Waals surface area contributed by atoms with E-state index >= 15 is 0 Å². The molecule has 0 saturated heterocycles. The van der Waals surface area contributed by atoms with Gasteiger partial charge in [-0.25, -0.2) is 0 Å². The fourth-order valence-corrected chi connectivity index (χ4v) is 2.16. The summed E-state index contributed by atoms with van der Waals surface area (Å²) in [6.45, 7) is 0. The van der Waals surface area contributed by atoms with Gasteiger partial charge in [0, 0.05) is 27.9 Å². The molecule has 1 N–H and O–H groups in total. The van der Waals surface area contributed by atoms with Crippen molar-refractivity contribution in [2.45, 2.75) is 0 Å². The first kappa shape index (κ1) is 13.3. The third kappa shape index (κ3) is 3.44. The summed E-state index contributed by atoms with van der Waals surface area (Å²) in [5, 5.41) is 16.1. The molecule has 1 aromatic heterocycles. The number of carbonyl (C=O) groups is 1. The molecule has 0 aliphatic rings. The average Bonchev–Trinajstić information content (AvgIpc) is 2.95. The van der Waals surface area contributed by atoms with Gasteiger partial charge in [0.2, 0.25) is 5.78 Å². The predicted molar refractivity (Wildman–Crippen MR) is 77.4 cm³/mol. The molecule has 5 heteroatoms. The molecule has 0 aliphatic carbocycles. The third-order valence-electron chi connectivity index (χ3n) is 2.38. The van der Waals surface area contributed by atoms with Crippen molar-refractivity contribution in [3.63, 3.8) is 0 Å². The maximum Gasteiger partial charge on any atom is 0.205 e. The van der Waals surface area contributed by atoms with Crippen LogP contribution in [0.4, 0.5) is 5.69 Å². The molecular formula is C14H9ClN2OS. The molecule has 0 unspecified atom stereocenters. The zero-order valence-electron chi connectivity index (χ0n) is 9.76. The molecule has 0 atom stereocenters. The highest BCUT2D eigenvalue weighted by molar-refractivity contribution is 7.08. The fraction of sp³-hybridized carbons (Fsp3) is 0. The Morgan fingerprint density at radius 2 is 2.05 bits per heavy atom. The summed E-state index contributed by atoms with van der Waals surface area (Å²) in [6.07, 6.45) is 1.41. The van der Waals surface area contributed by atoms with Crippen molar-refractivity contribution >= 4 is 34.4 Å². The third-order valence-corrected chi connectivity index (χ3v) is 3.31. The van der Waals surface area contributed by atoms with Crippen molar-refractivity contribution in [1.29, 1.82) is 5.26 Å². The Labute approximate surface area is 119 Å². The number of thiophene rings is 1. The Kier molecular flexibility index (Phi) is 4.35. The van der Waals surface area contributed by atoms with Gasteiger partial charge in [-0.15, -0.1) is 0 Å². The zero-order valence-corrected chi connectivity index (χ0v) is 11.3. The quantitative estimate of drug-likeness (QED) is 0.523. The summed E-state index contributed by atoms with van der Waals surface area (Å²) >= 11 is 7.19. The Bertz CT molecular complexity index is 639. The van der Waals surface area contributed by atoms with E-state index in [1.807, 2.05) is 6.07 Å². The second-order valence-corrected chi connectivity index (χ2v) is 4.88. The van der Waals surface area contributed by atoms with Crippen molar-refractivity contribution in [3.05, 3.63) is 63.5 Å². The number of halogens is 1. The Hall–Kier alpha value is -2.09. The molecule has 2 rings (SSSR count). The van der Waals surface area contributed by atoms with Gasteiger partial charge < -0.3 is 5.32 Å². The molecule has 0 radical (unpaired) electrons. The summed E-state index contributed by atoms with van der Waals surface area (Å²) < 4.78 is 0. The molecule has 1 aromatic carbocycles. The van der Waals surface area contributed by atoms with Crippen LogP contribution in [0.5, 0.6) is 0 Å². The molecule has 0 bridgehead atoms. The summed E-state index contributed by atoms with van der Waals surface area (Å²) in [5.41, 5.74) is 1.35. The summed E-state index contributed by atoms with van der Waals surface area (Å²) in [4.78, 5) is 12.0. The number of ketones is 1. The zero-order chi connectivity index (χ0) is 13.7. The number of nitriles is 1. The average molecular weight is 289 g/mol. The van der Waals surface area contributed by atoms with Crippen LogP contribution < -0.4 is 5.32 Å².